The third-order valence-electron chi connectivity index (χ3n) is 4.75. The van der Waals surface area contributed by atoms with E-state index in [9.17, 15) is 4.79 Å². The maximum absolute atomic E-state index is 12.1. The number of hydrogen-bond acceptors (Lipinski definition) is 5. The van der Waals surface area contributed by atoms with Crippen molar-refractivity contribution in [1.29, 1.82) is 0 Å². The van der Waals surface area contributed by atoms with Crippen molar-refractivity contribution in [3.05, 3.63) is 35.7 Å². The highest BCUT2D eigenvalue weighted by molar-refractivity contribution is 5.81. The van der Waals surface area contributed by atoms with Crippen molar-refractivity contribution in [2.75, 3.05) is 26.2 Å². The summed E-state index contributed by atoms with van der Waals surface area (Å²) in [5.41, 5.74) is 2.18. The second-order valence-electron chi connectivity index (χ2n) is 6.75. The maximum atomic E-state index is 12.1. The van der Waals surface area contributed by atoms with Crippen molar-refractivity contribution in [2.45, 2.75) is 26.3 Å². The lowest BCUT2D eigenvalue weighted by atomic mass is 10.1. The molecule has 0 unspecified atom stereocenters. The van der Waals surface area contributed by atoms with E-state index in [1.54, 1.807) is 0 Å². The fraction of sp³-hybridized carbons (Fsp3) is 0.500. The van der Waals surface area contributed by atoms with Crippen LogP contribution in [-0.4, -0.2) is 52.0 Å². The minimum Gasteiger partial charge on any atom is -0.340 e. The number of benzene rings is 1. The average molecular weight is 326 g/mol. The molecule has 1 aliphatic heterocycles. The Kier molecular flexibility index (Phi) is 4.06. The van der Waals surface area contributed by atoms with Crippen molar-refractivity contribution in [2.24, 2.45) is 5.92 Å². The number of piperazine rings is 1. The molecule has 0 bridgehead atoms. The zero-order chi connectivity index (χ0) is 16.5. The number of nitrogens with zero attached hydrogens (tertiary/aromatic N) is 4. The summed E-state index contributed by atoms with van der Waals surface area (Å²) < 4.78 is 5.39. The Morgan fingerprint density at radius 3 is 2.54 bits per heavy atom. The van der Waals surface area contributed by atoms with Crippen LogP contribution in [0, 0.1) is 12.8 Å². The molecule has 4 rings (SSSR count). The molecule has 1 aliphatic carbocycles. The molecule has 1 saturated heterocycles. The van der Waals surface area contributed by atoms with Crippen molar-refractivity contribution >= 4 is 5.91 Å². The van der Waals surface area contributed by atoms with Gasteiger partial charge >= 0.3 is 0 Å². The summed E-state index contributed by atoms with van der Waals surface area (Å²) in [6.07, 6.45) is 2.14. The molecule has 1 saturated carbocycles. The molecule has 6 heteroatoms. The average Bonchev–Trinajstić information content (AvgIpc) is 3.35. The van der Waals surface area contributed by atoms with Gasteiger partial charge < -0.3 is 9.42 Å². The van der Waals surface area contributed by atoms with Crippen molar-refractivity contribution in [1.82, 2.24) is 19.9 Å². The van der Waals surface area contributed by atoms with Crippen LogP contribution in [0.4, 0.5) is 0 Å². The Bertz CT molecular complexity index is 713. The molecule has 0 N–H and O–H groups in total. The zero-order valence-corrected chi connectivity index (χ0v) is 13.9. The summed E-state index contributed by atoms with van der Waals surface area (Å²) in [5, 5.41) is 4.08. The molecular formula is C18H22N4O2. The van der Waals surface area contributed by atoms with Crippen molar-refractivity contribution in [3.8, 4) is 11.4 Å². The van der Waals surface area contributed by atoms with Gasteiger partial charge in [-0.2, -0.15) is 4.98 Å². The van der Waals surface area contributed by atoms with Crippen LogP contribution in [-0.2, 0) is 11.3 Å². The number of hydrogen-bond donors (Lipinski definition) is 0. The molecule has 0 spiro atoms. The van der Waals surface area contributed by atoms with E-state index < -0.39 is 0 Å². The highest BCUT2D eigenvalue weighted by atomic mass is 16.5. The lowest BCUT2D eigenvalue weighted by Crippen LogP contribution is -2.48. The topological polar surface area (TPSA) is 62.5 Å². The summed E-state index contributed by atoms with van der Waals surface area (Å²) in [7, 11) is 0. The zero-order valence-electron chi connectivity index (χ0n) is 13.9. The number of aryl methyl sites for hydroxylation is 1. The Labute approximate surface area is 141 Å². The lowest BCUT2D eigenvalue weighted by Gasteiger charge is -2.34. The summed E-state index contributed by atoms with van der Waals surface area (Å²) in [4.78, 5) is 20.8. The van der Waals surface area contributed by atoms with E-state index in [0.29, 0.717) is 30.1 Å². The van der Waals surface area contributed by atoms with Crippen LogP contribution in [0.25, 0.3) is 11.4 Å². The highest BCUT2D eigenvalue weighted by Gasteiger charge is 2.34. The van der Waals surface area contributed by atoms with Gasteiger partial charge in [0, 0.05) is 37.7 Å². The molecule has 2 heterocycles. The van der Waals surface area contributed by atoms with Crippen LogP contribution < -0.4 is 0 Å². The van der Waals surface area contributed by atoms with Gasteiger partial charge in [-0.05, 0) is 19.8 Å². The normalized spacial score (nSPS) is 18.8. The van der Waals surface area contributed by atoms with Crippen LogP contribution in [0.2, 0.25) is 0 Å². The molecule has 126 valence electrons. The first-order valence-corrected chi connectivity index (χ1v) is 8.60. The molecule has 2 aromatic rings. The van der Waals surface area contributed by atoms with Gasteiger partial charge in [0.2, 0.25) is 17.6 Å². The summed E-state index contributed by atoms with van der Waals surface area (Å²) in [6.45, 7) is 6.02. The molecule has 24 heavy (non-hydrogen) atoms. The SMILES string of the molecule is Cc1ccc(-c2noc(CN3CCN(C(=O)C4CC4)CC3)n2)cc1. The second kappa shape index (κ2) is 6.36. The minimum absolute atomic E-state index is 0.310. The second-order valence-corrected chi connectivity index (χ2v) is 6.75. The quantitative estimate of drug-likeness (QED) is 0.861. The Morgan fingerprint density at radius 2 is 1.88 bits per heavy atom. The molecule has 1 aromatic carbocycles. The molecule has 0 atom stereocenters. The molecule has 0 radical (unpaired) electrons. The van der Waals surface area contributed by atoms with Crippen LogP contribution >= 0.6 is 0 Å². The van der Waals surface area contributed by atoms with Crippen molar-refractivity contribution < 1.29 is 9.32 Å². The van der Waals surface area contributed by atoms with Gasteiger partial charge in [0.1, 0.15) is 0 Å². The highest BCUT2D eigenvalue weighted by Crippen LogP contribution is 2.31. The molecule has 1 aromatic heterocycles. The van der Waals surface area contributed by atoms with Crippen molar-refractivity contribution in [3.63, 3.8) is 0 Å². The fourth-order valence-electron chi connectivity index (χ4n) is 3.05. The molecule has 2 aliphatic rings. The molecular weight excluding hydrogens is 304 g/mol. The first-order valence-electron chi connectivity index (χ1n) is 8.60. The van der Waals surface area contributed by atoms with E-state index in [-0.39, 0.29) is 0 Å². The molecule has 1 amide bonds. The number of aromatic nitrogens is 2. The maximum Gasteiger partial charge on any atom is 0.241 e. The third-order valence-corrected chi connectivity index (χ3v) is 4.75. The number of amides is 1. The fourth-order valence-corrected chi connectivity index (χ4v) is 3.05. The first-order chi connectivity index (χ1) is 11.7. The van der Waals surface area contributed by atoms with Gasteiger partial charge in [-0.1, -0.05) is 35.0 Å². The van der Waals surface area contributed by atoms with E-state index in [2.05, 4.69) is 22.0 Å². The molecule has 2 fully saturated rings. The largest absolute Gasteiger partial charge is 0.340 e. The smallest absolute Gasteiger partial charge is 0.241 e. The Hall–Kier alpha value is -2.21. The van der Waals surface area contributed by atoms with Gasteiger partial charge in [0.25, 0.3) is 0 Å². The number of carbonyl (C=O) groups is 1. The third kappa shape index (κ3) is 3.33. The Morgan fingerprint density at radius 1 is 1.17 bits per heavy atom. The van der Waals surface area contributed by atoms with E-state index in [0.717, 1.165) is 44.6 Å². The van der Waals surface area contributed by atoms with Gasteiger partial charge in [0.05, 0.1) is 6.54 Å². The van der Waals surface area contributed by atoms with Crippen LogP contribution in [0.15, 0.2) is 28.8 Å². The molecule has 6 nitrogen and oxygen atoms in total. The van der Waals surface area contributed by atoms with Gasteiger partial charge in [-0.25, -0.2) is 0 Å². The summed E-state index contributed by atoms with van der Waals surface area (Å²) >= 11 is 0. The number of rotatable bonds is 4. The van der Waals surface area contributed by atoms with Crippen LogP contribution in [0.1, 0.15) is 24.3 Å². The van der Waals surface area contributed by atoms with Gasteiger partial charge in [0.15, 0.2) is 0 Å². The summed E-state index contributed by atoms with van der Waals surface area (Å²) in [5.74, 6) is 1.92. The Balaban J connectivity index is 1.33. The predicted octanol–water partition coefficient (Wildman–Crippen LogP) is 2.10. The standard InChI is InChI=1S/C18H22N4O2/c1-13-2-4-14(5-3-13)17-19-16(24-20-17)12-21-8-10-22(11-9-21)18(23)15-6-7-15/h2-5,15H,6-12H2,1H3. The summed E-state index contributed by atoms with van der Waals surface area (Å²) in [6, 6.07) is 8.10. The van der Waals surface area contributed by atoms with Crippen LogP contribution in [0.5, 0.6) is 0 Å². The number of carbonyl (C=O) groups excluding carboxylic acids is 1. The lowest BCUT2D eigenvalue weighted by molar-refractivity contribution is -0.134. The van der Waals surface area contributed by atoms with E-state index in [1.807, 2.05) is 29.2 Å². The van der Waals surface area contributed by atoms with E-state index in [1.165, 1.54) is 5.56 Å². The van der Waals surface area contributed by atoms with E-state index >= 15 is 0 Å². The van der Waals surface area contributed by atoms with E-state index in [4.69, 9.17) is 4.52 Å². The monoisotopic (exact) mass is 326 g/mol. The van der Waals surface area contributed by atoms with Crippen LogP contribution in [0.3, 0.4) is 0 Å². The van der Waals surface area contributed by atoms with Gasteiger partial charge in [-0.3, -0.25) is 9.69 Å². The predicted molar refractivity (Wildman–Crippen MR) is 89.1 cm³/mol. The minimum atomic E-state index is 0.310. The van der Waals surface area contributed by atoms with Gasteiger partial charge in [-0.15, -0.1) is 0 Å². The first kappa shape index (κ1) is 15.3.